The number of carbonyl (C=O) groups excluding carboxylic acids is 2. The average Bonchev–Trinajstić information content (AvgIpc) is 3.11. The summed E-state index contributed by atoms with van der Waals surface area (Å²) < 4.78 is 20.9. The molecule has 1 fully saturated rings. The van der Waals surface area contributed by atoms with E-state index in [1.54, 1.807) is 18.2 Å². The fourth-order valence-electron chi connectivity index (χ4n) is 2.26. The van der Waals surface area contributed by atoms with Crippen molar-refractivity contribution in [3.8, 4) is 17.2 Å². The number of imide groups is 1. The summed E-state index contributed by atoms with van der Waals surface area (Å²) in [6.45, 7) is 0.675. The maximum absolute atomic E-state index is 12.3. The molecule has 0 saturated carbocycles. The number of benzene rings is 1. The lowest BCUT2D eigenvalue weighted by atomic mass is 10.1. The summed E-state index contributed by atoms with van der Waals surface area (Å²) in [4.78, 5) is 25.7. The molecule has 1 saturated heterocycles. The molecule has 0 radical (unpaired) electrons. The second-order valence-corrected chi connectivity index (χ2v) is 5.78. The first-order valence-electron chi connectivity index (χ1n) is 6.86. The highest BCUT2D eigenvalue weighted by molar-refractivity contribution is 8.18. The van der Waals surface area contributed by atoms with E-state index in [0.29, 0.717) is 34.3 Å². The SMILES string of the molecule is COCCN1C(=O)S/C(=C/c2cc(OC)c3c(c2)OCO3)C1=O. The van der Waals surface area contributed by atoms with Crippen LogP contribution in [0.25, 0.3) is 6.08 Å². The Bertz CT molecular complexity index is 687. The van der Waals surface area contributed by atoms with Gasteiger partial charge in [0.15, 0.2) is 11.5 Å². The number of hydrogen-bond acceptors (Lipinski definition) is 7. The van der Waals surface area contributed by atoms with Crippen LogP contribution in [-0.4, -0.2) is 50.2 Å². The van der Waals surface area contributed by atoms with Crippen LogP contribution < -0.4 is 14.2 Å². The van der Waals surface area contributed by atoms with E-state index >= 15 is 0 Å². The molecule has 1 aromatic carbocycles. The summed E-state index contributed by atoms with van der Waals surface area (Å²) in [6.07, 6.45) is 1.64. The van der Waals surface area contributed by atoms with Crippen molar-refractivity contribution in [1.82, 2.24) is 4.90 Å². The van der Waals surface area contributed by atoms with E-state index in [-0.39, 0.29) is 24.5 Å². The van der Waals surface area contributed by atoms with Gasteiger partial charge in [-0.2, -0.15) is 0 Å². The van der Waals surface area contributed by atoms with Crippen LogP contribution in [0.1, 0.15) is 5.56 Å². The van der Waals surface area contributed by atoms with Crippen molar-refractivity contribution in [2.24, 2.45) is 0 Å². The average molecular weight is 337 g/mol. The highest BCUT2D eigenvalue weighted by Gasteiger charge is 2.34. The first kappa shape index (κ1) is 15.7. The summed E-state index contributed by atoms with van der Waals surface area (Å²) in [6, 6.07) is 3.48. The molecule has 0 bridgehead atoms. The van der Waals surface area contributed by atoms with Crippen LogP contribution in [0.2, 0.25) is 0 Å². The van der Waals surface area contributed by atoms with Gasteiger partial charge in [-0.15, -0.1) is 0 Å². The monoisotopic (exact) mass is 337 g/mol. The molecule has 2 heterocycles. The summed E-state index contributed by atoms with van der Waals surface area (Å²) in [5.74, 6) is 1.28. The van der Waals surface area contributed by atoms with Crippen LogP contribution in [0.3, 0.4) is 0 Å². The molecule has 0 aliphatic carbocycles. The Balaban J connectivity index is 1.87. The molecular formula is C15H15NO6S. The van der Waals surface area contributed by atoms with Gasteiger partial charge in [0, 0.05) is 7.11 Å². The van der Waals surface area contributed by atoms with Gasteiger partial charge < -0.3 is 18.9 Å². The third-order valence-electron chi connectivity index (χ3n) is 3.37. The topological polar surface area (TPSA) is 74.3 Å². The Labute approximate surface area is 137 Å². The molecule has 2 amide bonds. The van der Waals surface area contributed by atoms with Gasteiger partial charge in [0.25, 0.3) is 11.1 Å². The first-order chi connectivity index (χ1) is 11.1. The van der Waals surface area contributed by atoms with Crippen LogP contribution in [0.15, 0.2) is 17.0 Å². The van der Waals surface area contributed by atoms with E-state index in [2.05, 4.69) is 0 Å². The van der Waals surface area contributed by atoms with Gasteiger partial charge in [0.1, 0.15) is 0 Å². The summed E-state index contributed by atoms with van der Waals surface area (Å²) >= 11 is 0.904. The van der Waals surface area contributed by atoms with Crippen LogP contribution in [-0.2, 0) is 9.53 Å². The van der Waals surface area contributed by atoms with Crippen molar-refractivity contribution in [2.45, 2.75) is 0 Å². The van der Waals surface area contributed by atoms with Gasteiger partial charge >= 0.3 is 0 Å². The number of amides is 2. The van der Waals surface area contributed by atoms with Gasteiger partial charge in [-0.05, 0) is 35.5 Å². The van der Waals surface area contributed by atoms with Crippen LogP contribution in [0, 0.1) is 0 Å². The number of nitrogens with zero attached hydrogens (tertiary/aromatic N) is 1. The zero-order chi connectivity index (χ0) is 16.4. The molecule has 2 aliphatic heterocycles. The van der Waals surface area contributed by atoms with Gasteiger partial charge in [0.2, 0.25) is 12.5 Å². The van der Waals surface area contributed by atoms with E-state index in [1.165, 1.54) is 19.1 Å². The standard InChI is InChI=1S/C15H15NO6S/c1-19-4-3-16-14(17)12(23-15(16)18)7-9-5-10(20-2)13-11(6-9)21-8-22-13/h5-7H,3-4,8H2,1-2H3/b12-7+. The molecule has 0 unspecified atom stereocenters. The highest BCUT2D eigenvalue weighted by Crippen LogP contribution is 2.43. The maximum Gasteiger partial charge on any atom is 0.293 e. The van der Waals surface area contributed by atoms with Crippen molar-refractivity contribution < 1.29 is 28.5 Å². The summed E-state index contributed by atoms with van der Waals surface area (Å²) in [7, 11) is 3.05. The van der Waals surface area contributed by atoms with Crippen molar-refractivity contribution in [2.75, 3.05) is 34.2 Å². The normalized spacial score (nSPS) is 18.2. The van der Waals surface area contributed by atoms with Crippen molar-refractivity contribution in [1.29, 1.82) is 0 Å². The lowest BCUT2D eigenvalue weighted by Crippen LogP contribution is -2.31. The maximum atomic E-state index is 12.3. The smallest absolute Gasteiger partial charge is 0.293 e. The second kappa shape index (κ2) is 6.51. The molecule has 122 valence electrons. The molecule has 0 aromatic heterocycles. The number of rotatable bonds is 5. The van der Waals surface area contributed by atoms with Crippen LogP contribution in [0.5, 0.6) is 17.2 Å². The Kier molecular flexibility index (Phi) is 4.44. The van der Waals surface area contributed by atoms with Gasteiger partial charge in [0.05, 0.1) is 25.2 Å². The minimum Gasteiger partial charge on any atom is -0.493 e. The lowest BCUT2D eigenvalue weighted by molar-refractivity contribution is -0.123. The van der Waals surface area contributed by atoms with Gasteiger partial charge in [-0.3, -0.25) is 14.5 Å². The number of ether oxygens (including phenoxy) is 4. The molecule has 1 aromatic rings. The van der Waals surface area contributed by atoms with E-state index in [1.807, 2.05) is 0 Å². The molecule has 0 atom stereocenters. The van der Waals surface area contributed by atoms with E-state index < -0.39 is 0 Å². The molecule has 2 aliphatic rings. The minimum absolute atomic E-state index is 0.128. The quantitative estimate of drug-likeness (QED) is 0.762. The molecule has 7 nitrogen and oxygen atoms in total. The van der Waals surface area contributed by atoms with Crippen molar-refractivity contribution in [3.05, 3.63) is 22.6 Å². The molecule has 0 N–H and O–H groups in total. The van der Waals surface area contributed by atoms with E-state index in [9.17, 15) is 9.59 Å². The predicted octanol–water partition coefficient (Wildman–Crippen LogP) is 2.11. The number of carbonyl (C=O) groups is 2. The third kappa shape index (κ3) is 2.99. The van der Waals surface area contributed by atoms with Crippen molar-refractivity contribution >= 4 is 29.0 Å². The second-order valence-electron chi connectivity index (χ2n) is 4.78. The third-order valence-corrected chi connectivity index (χ3v) is 4.28. The molecule has 23 heavy (non-hydrogen) atoms. The molecule has 0 spiro atoms. The number of hydrogen-bond donors (Lipinski definition) is 0. The Morgan fingerprint density at radius 2 is 2.13 bits per heavy atom. The Hall–Kier alpha value is -2.19. The molecule has 3 rings (SSSR count). The van der Waals surface area contributed by atoms with Gasteiger partial charge in [-0.1, -0.05) is 0 Å². The zero-order valence-corrected chi connectivity index (χ0v) is 13.5. The zero-order valence-electron chi connectivity index (χ0n) is 12.7. The lowest BCUT2D eigenvalue weighted by Gasteiger charge is -2.10. The van der Waals surface area contributed by atoms with E-state index in [4.69, 9.17) is 18.9 Å². The fourth-order valence-corrected chi connectivity index (χ4v) is 3.12. The van der Waals surface area contributed by atoms with E-state index in [0.717, 1.165) is 11.8 Å². The van der Waals surface area contributed by atoms with Crippen LogP contribution >= 0.6 is 11.8 Å². The minimum atomic E-state index is -0.325. The van der Waals surface area contributed by atoms with Gasteiger partial charge in [-0.25, -0.2) is 0 Å². The fraction of sp³-hybridized carbons (Fsp3) is 0.333. The molecular weight excluding hydrogens is 322 g/mol. The number of methoxy groups -OCH3 is 2. The van der Waals surface area contributed by atoms with Crippen LogP contribution in [0.4, 0.5) is 4.79 Å². The largest absolute Gasteiger partial charge is 0.493 e. The Morgan fingerprint density at radius 1 is 1.30 bits per heavy atom. The number of fused-ring (bicyclic) bond motifs is 1. The molecule has 8 heteroatoms. The summed E-state index contributed by atoms with van der Waals surface area (Å²) in [5.41, 5.74) is 0.698. The Morgan fingerprint density at radius 3 is 2.87 bits per heavy atom. The van der Waals surface area contributed by atoms with Crippen molar-refractivity contribution in [3.63, 3.8) is 0 Å². The highest BCUT2D eigenvalue weighted by atomic mass is 32.2. The number of thioether (sulfide) groups is 1. The summed E-state index contributed by atoms with van der Waals surface area (Å²) in [5, 5.41) is -0.300. The first-order valence-corrected chi connectivity index (χ1v) is 7.67. The predicted molar refractivity (Wildman–Crippen MR) is 83.7 cm³/mol.